The Hall–Kier alpha value is -1.51. The summed E-state index contributed by atoms with van der Waals surface area (Å²) in [5.41, 5.74) is 9.08. The average Bonchev–Trinajstić information content (AvgIpc) is 2.59. The zero-order valence-electron chi connectivity index (χ0n) is 10.0. The van der Waals surface area contributed by atoms with Crippen LogP contribution >= 0.6 is 0 Å². The maximum Gasteiger partial charge on any atom is 0.141 e. The number of rotatable bonds is 4. The summed E-state index contributed by atoms with van der Waals surface area (Å²) in [5, 5.41) is 1.08. The van der Waals surface area contributed by atoms with Crippen molar-refractivity contribution in [3.05, 3.63) is 24.0 Å². The first-order valence-corrected chi connectivity index (χ1v) is 5.92. The Bertz CT molecular complexity index is 485. The molecule has 0 saturated heterocycles. The maximum atomic E-state index is 5.94. The minimum Gasteiger partial charge on any atom is -0.398 e. The lowest BCUT2D eigenvalue weighted by Crippen LogP contribution is -1.97. The Balaban J connectivity index is 2.33. The van der Waals surface area contributed by atoms with Crippen molar-refractivity contribution in [2.75, 3.05) is 5.73 Å². The number of hydrogen-bond acceptors (Lipinski definition) is 2. The quantitative estimate of drug-likeness (QED) is 0.800. The predicted molar refractivity (Wildman–Crippen MR) is 68.4 cm³/mol. The molecule has 2 N–H and O–H groups in total. The van der Waals surface area contributed by atoms with Crippen LogP contribution in [0.2, 0.25) is 0 Å². The highest BCUT2D eigenvalue weighted by molar-refractivity contribution is 5.89. The van der Waals surface area contributed by atoms with Gasteiger partial charge in [-0.3, -0.25) is 0 Å². The molecule has 16 heavy (non-hydrogen) atoms. The van der Waals surface area contributed by atoms with E-state index in [1.807, 2.05) is 6.07 Å². The van der Waals surface area contributed by atoms with Gasteiger partial charge >= 0.3 is 0 Å². The van der Waals surface area contributed by atoms with Crippen LogP contribution < -0.4 is 5.73 Å². The summed E-state index contributed by atoms with van der Waals surface area (Å²) in [6.45, 7) is 2.22. The molecular formula is C13H19N3. The molecule has 0 fully saturated rings. The number of anilines is 1. The summed E-state index contributed by atoms with van der Waals surface area (Å²) < 4.78 is 2.15. The Morgan fingerprint density at radius 3 is 2.88 bits per heavy atom. The van der Waals surface area contributed by atoms with Crippen molar-refractivity contribution in [3.8, 4) is 0 Å². The first-order valence-electron chi connectivity index (χ1n) is 5.92. The summed E-state index contributed by atoms with van der Waals surface area (Å²) in [6, 6.07) is 4.03. The molecule has 3 heteroatoms. The number of hydrogen-bond donors (Lipinski definition) is 1. The molecule has 0 aromatic carbocycles. The fourth-order valence-electron chi connectivity index (χ4n) is 2.09. The van der Waals surface area contributed by atoms with E-state index < -0.39 is 0 Å². The first-order chi connectivity index (χ1) is 7.74. The van der Waals surface area contributed by atoms with E-state index in [9.17, 15) is 0 Å². The van der Waals surface area contributed by atoms with Crippen molar-refractivity contribution < 1.29 is 0 Å². The Morgan fingerprint density at radius 1 is 1.38 bits per heavy atom. The van der Waals surface area contributed by atoms with Crippen LogP contribution in [0.25, 0.3) is 11.0 Å². The molecule has 0 radical (unpaired) electrons. The predicted octanol–water partition coefficient (Wildman–Crippen LogP) is 2.89. The molecule has 0 aliphatic rings. The molecule has 0 aliphatic heterocycles. The Kier molecular flexibility index (Phi) is 3.13. The van der Waals surface area contributed by atoms with Crippen molar-refractivity contribution in [2.24, 2.45) is 7.05 Å². The first kappa shape index (κ1) is 11.0. The third kappa shape index (κ3) is 1.90. The van der Waals surface area contributed by atoms with Gasteiger partial charge in [0.15, 0.2) is 0 Å². The number of unbranched alkanes of at least 4 members (excludes halogenated alkanes) is 2. The highest BCUT2D eigenvalue weighted by Gasteiger charge is 2.08. The minimum absolute atomic E-state index is 0.822. The lowest BCUT2D eigenvalue weighted by atomic mass is 10.1. The number of aromatic nitrogens is 2. The van der Waals surface area contributed by atoms with Crippen LogP contribution in [0.5, 0.6) is 0 Å². The molecule has 3 nitrogen and oxygen atoms in total. The minimum atomic E-state index is 0.822. The largest absolute Gasteiger partial charge is 0.398 e. The Morgan fingerprint density at radius 2 is 2.19 bits per heavy atom. The van der Waals surface area contributed by atoms with E-state index in [2.05, 4.69) is 29.6 Å². The van der Waals surface area contributed by atoms with Crippen LogP contribution in [0, 0.1) is 0 Å². The topological polar surface area (TPSA) is 43.8 Å². The van der Waals surface area contributed by atoms with E-state index in [1.165, 1.54) is 25.0 Å². The second-order valence-corrected chi connectivity index (χ2v) is 4.29. The number of fused-ring (bicyclic) bond motifs is 1. The van der Waals surface area contributed by atoms with Gasteiger partial charge in [-0.2, -0.15) is 0 Å². The van der Waals surface area contributed by atoms with Gasteiger partial charge in [-0.1, -0.05) is 19.8 Å². The number of nitrogen functional groups attached to an aromatic ring is 1. The summed E-state index contributed by atoms with van der Waals surface area (Å²) >= 11 is 0. The van der Waals surface area contributed by atoms with Crippen LogP contribution in [0.3, 0.4) is 0 Å². The molecule has 2 heterocycles. The van der Waals surface area contributed by atoms with Gasteiger partial charge in [0.25, 0.3) is 0 Å². The van der Waals surface area contributed by atoms with Gasteiger partial charge in [-0.05, 0) is 25.0 Å². The van der Waals surface area contributed by atoms with Crippen LogP contribution in [0.1, 0.15) is 31.9 Å². The molecule has 86 valence electrons. The maximum absolute atomic E-state index is 5.94. The lowest BCUT2D eigenvalue weighted by Gasteiger charge is -2.02. The van der Waals surface area contributed by atoms with Gasteiger partial charge in [-0.25, -0.2) is 4.98 Å². The molecule has 0 unspecified atom stereocenters. The van der Waals surface area contributed by atoms with E-state index in [0.717, 1.165) is 23.1 Å². The molecule has 0 saturated carbocycles. The molecule has 0 atom stereocenters. The zero-order valence-corrected chi connectivity index (χ0v) is 10.0. The average molecular weight is 217 g/mol. The number of nitrogens with two attached hydrogens (primary N) is 1. The van der Waals surface area contributed by atoms with Gasteiger partial charge in [0, 0.05) is 30.0 Å². The van der Waals surface area contributed by atoms with E-state index >= 15 is 0 Å². The molecule has 2 rings (SSSR count). The lowest BCUT2D eigenvalue weighted by molar-refractivity contribution is 0.689. The molecule has 2 aromatic heterocycles. The Labute approximate surface area is 96.3 Å². The molecule has 0 amide bonds. The SMILES string of the molecule is CCCCCc1cc2c(N)ccnc2n1C. The highest BCUT2D eigenvalue weighted by Crippen LogP contribution is 2.23. The second-order valence-electron chi connectivity index (χ2n) is 4.29. The van der Waals surface area contributed by atoms with Crippen LogP contribution in [-0.4, -0.2) is 9.55 Å². The molecule has 0 aliphatic carbocycles. The number of aryl methyl sites for hydroxylation is 2. The van der Waals surface area contributed by atoms with Crippen LogP contribution in [0.15, 0.2) is 18.3 Å². The van der Waals surface area contributed by atoms with Gasteiger partial charge in [0.05, 0.1) is 0 Å². The van der Waals surface area contributed by atoms with Gasteiger partial charge in [-0.15, -0.1) is 0 Å². The van der Waals surface area contributed by atoms with Gasteiger partial charge < -0.3 is 10.3 Å². The van der Waals surface area contributed by atoms with Crippen molar-refractivity contribution >= 4 is 16.7 Å². The van der Waals surface area contributed by atoms with Crippen molar-refractivity contribution in [2.45, 2.75) is 32.6 Å². The van der Waals surface area contributed by atoms with Gasteiger partial charge in [0.2, 0.25) is 0 Å². The van der Waals surface area contributed by atoms with Gasteiger partial charge in [0.1, 0.15) is 5.65 Å². The zero-order chi connectivity index (χ0) is 11.5. The van der Waals surface area contributed by atoms with Crippen molar-refractivity contribution in [1.29, 1.82) is 0 Å². The summed E-state index contributed by atoms with van der Waals surface area (Å²) in [6.07, 6.45) is 6.66. The number of pyridine rings is 1. The highest BCUT2D eigenvalue weighted by atomic mass is 15.0. The van der Waals surface area contributed by atoms with E-state index in [4.69, 9.17) is 5.73 Å². The molecule has 0 bridgehead atoms. The van der Waals surface area contributed by atoms with Crippen molar-refractivity contribution in [1.82, 2.24) is 9.55 Å². The molecular weight excluding hydrogens is 198 g/mol. The van der Waals surface area contributed by atoms with Crippen LogP contribution in [0.4, 0.5) is 5.69 Å². The standard InChI is InChI=1S/C13H19N3/c1-3-4-5-6-10-9-11-12(14)7-8-15-13(11)16(10)2/h7-9H,3-6H2,1-2H3,(H2,14,15). The van der Waals surface area contributed by atoms with Crippen LogP contribution in [-0.2, 0) is 13.5 Å². The molecule has 0 spiro atoms. The normalized spacial score (nSPS) is 11.1. The summed E-state index contributed by atoms with van der Waals surface area (Å²) in [4.78, 5) is 4.37. The van der Waals surface area contributed by atoms with Crippen molar-refractivity contribution in [3.63, 3.8) is 0 Å². The molecule has 2 aromatic rings. The summed E-state index contributed by atoms with van der Waals surface area (Å²) in [5.74, 6) is 0. The third-order valence-electron chi connectivity index (χ3n) is 3.10. The van der Waals surface area contributed by atoms with E-state index in [1.54, 1.807) is 6.20 Å². The fraction of sp³-hybridized carbons (Fsp3) is 0.462. The fourth-order valence-corrected chi connectivity index (χ4v) is 2.09. The van der Waals surface area contributed by atoms with E-state index in [-0.39, 0.29) is 0 Å². The second kappa shape index (κ2) is 4.56. The number of nitrogens with zero attached hydrogens (tertiary/aromatic N) is 2. The van der Waals surface area contributed by atoms with E-state index in [0.29, 0.717) is 0 Å². The smallest absolute Gasteiger partial charge is 0.141 e. The third-order valence-corrected chi connectivity index (χ3v) is 3.10. The summed E-state index contributed by atoms with van der Waals surface area (Å²) in [7, 11) is 2.07. The monoisotopic (exact) mass is 217 g/mol.